The van der Waals surface area contributed by atoms with E-state index in [1.807, 2.05) is 0 Å². The number of benzene rings is 1. The molecule has 88 valence electrons. The number of rotatable bonds is 3. The normalized spacial score (nSPS) is 14.5. The van der Waals surface area contributed by atoms with Crippen LogP contribution in [0.5, 0.6) is 5.75 Å². The third-order valence-electron chi connectivity index (χ3n) is 2.46. The summed E-state index contributed by atoms with van der Waals surface area (Å²) in [6.45, 7) is 3.33. The van der Waals surface area contributed by atoms with Crippen molar-refractivity contribution in [2.24, 2.45) is 5.73 Å². The Morgan fingerprint density at radius 3 is 2.06 bits per heavy atom. The Morgan fingerprint density at radius 1 is 1.25 bits per heavy atom. The molecule has 0 saturated carbocycles. The molecular formula is C11H15NO4. The molecule has 0 aliphatic heterocycles. The number of aromatic hydroxyl groups is 1. The second kappa shape index (κ2) is 4.51. The van der Waals surface area contributed by atoms with Crippen molar-refractivity contribution in [2.45, 2.75) is 26.1 Å². The van der Waals surface area contributed by atoms with E-state index in [9.17, 15) is 20.1 Å². The molecule has 5 heteroatoms. The molecule has 1 aromatic rings. The number of carbonyl (C=O) groups is 1. The fraction of sp³-hybridized carbons (Fsp3) is 0.364. The number of phenolic OH excluding ortho intramolecular Hbond substituents is 1. The number of aryl methyl sites for hydroxylation is 2. The summed E-state index contributed by atoms with van der Waals surface area (Å²) in [4.78, 5) is 10.8. The molecule has 0 radical (unpaired) electrons. The second-order valence-electron chi connectivity index (χ2n) is 3.79. The van der Waals surface area contributed by atoms with Gasteiger partial charge in [0.1, 0.15) is 11.9 Å². The van der Waals surface area contributed by atoms with Crippen molar-refractivity contribution in [3.05, 3.63) is 28.8 Å². The lowest BCUT2D eigenvalue weighted by atomic mass is 9.94. The minimum atomic E-state index is -1.65. The van der Waals surface area contributed by atoms with Crippen LogP contribution in [0.1, 0.15) is 22.8 Å². The van der Waals surface area contributed by atoms with Crippen LogP contribution in [0.4, 0.5) is 0 Å². The van der Waals surface area contributed by atoms with Crippen molar-refractivity contribution >= 4 is 5.91 Å². The van der Waals surface area contributed by atoms with Crippen molar-refractivity contribution in [3.8, 4) is 5.75 Å². The number of aliphatic hydroxyl groups excluding tert-OH is 2. The average molecular weight is 225 g/mol. The van der Waals surface area contributed by atoms with E-state index in [0.29, 0.717) is 16.7 Å². The highest BCUT2D eigenvalue weighted by molar-refractivity contribution is 5.79. The van der Waals surface area contributed by atoms with Crippen molar-refractivity contribution in [1.29, 1.82) is 0 Å². The van der Waals surface area contributed by atoms with Crippen LogP contribution in [0, 0.1) is 13.8 Å². The largest absolute Gasteiger partial charge is 0.508 e. The zero-order chi connectivity index (χ0) is 12.5. The van der Waals surface area contributed by atoms with Crippen LogP contribution in [0.3, 0.4) is 0 Å². The first-order chi connectivity index (χ1) is 7.34. The molecule has 16 heavy (non-hydrogen) atoms. The Balaban J connectivity index is 3.18. The molecule has 2 unspecified atom stereocenters. The maximum Gasteiger partial charge on any atom is 0.249 e. The average Bonchev–Trinajstić information content (AvgIpc) is 2.14. The molecule has 0 heterocycles. The summed E-state index contributed by atoms with van der Waals surface area (Å²) < 4.78 is 0. The van der Waals surface area contributed by atoms with Gasteiger partial charge in [0.05, 0.1) is 0 Å². The molecule has 0 aliphatic rings. The van der Waals surface area contributed by atoms with Crippen molar-refractivity contribution in [1.82, 2.24) is 0 Å². The van der Waals surface area contributed by atoms with Crippen molar-refractivity contribution in [2.75, 3.05) is 0 Å². The molecule has 0 fully saturated rings. The minimum absolute atomic E-state index is 0.0690. The Morgan fingerprint density at radius 2 is 1.69 bits per heavy atom. The van der Waals surface area contributed by atoms with E-state index in [-0.39, 0.29) is 5.75 Å². The Bertz CT molecular complexity index is 393. The summed E-state index contributed by atoms with van der Waals surface area (Å²) in [5.74, 6) is -0.918. The van der Waals surface area contributed by atoms with Crippen molar-refractivity contribution < 1.29 is 20.1 Å². The van der Waals surface area contributed by atoms with Gasteiger partial charge in [0, 0.05) is 0 Å². The molecule has 1 rings (SSSR count). The predicted octanol–water partition coefficient (Wildman–Crippen LogP) is -0.111. The van der Waals surface area contributed by atoms with E-state index >= 15 is 0 Å². The summed E-state index contributed by atoms with van der Waals surface area (Å²) in [7, 11) is 0. The maximum absolute atomic E-state index is 10.8. The van der Waals surface area contributed by atoms with Gasteiger partial charge in [-0.15, -0.1) is 0 Å². The van der Waals surface area contributed by atoms with E-state index in [0.717, 1.165) is 0 Å². The maximum atomic E-state index is 10.8. The Labute approximate surface area is 93.1 Å². The number of hydrogen-bond acceptors (Lipinski definition) is 4. The smallest absolute Gasteiger partial charge is 0.249 e. The Hall–Kier alpha value is -1.59. The summed E-state index contributed by atoms with van der Waals surface area (Å²) in [6, 6.07) is 2.89. The van der Waals surface area contributed by atoms with E-state index in [1.54, 1.807) is 13.8 Å². The molecule has 1 amide bonds. The standard InChI is InChI=1S/C11H15NO4/c1-5-3-7(13)4-6(2)8(5)9(14)10(15)11(12)16/h3-4,9-10,13-15H,1-2H3,(H2,12,16). The second-order valence-corrected chi connectivity index (χ2v) is 3.79. The van der Waals surface area contributed by atoms with Gasteiger partial charge < -0.3 is 21.1 Å². The van der Waals surface area contributed by atoms with Gasteiger partial charge in [-0.25, -0.2) is 0 Å². The molecule has 1 aromatic carbocycles. The number of nitrogens with two attached hydrogens (primary N) is 1. The molecule has 5 nitrogen and oxygen atoms in total. The van der Waals surface area contributed by atoms with E-state index in [4.69, 9.17) is 5.73 Å². The van der Waals surface area contributed by atoms with Gasteiger partial charge in [-0.05, 0) is 42.7 Å². The lowest BCUT2D eigenvalue weighted by molar-refractivity contribution is -0.132. The zero-order valence-electron chi connectivity index (χ0n) is 9.14. The van der Waals surface area contributed by atoms with Crippen LogP contribution in [-0.4, -0.2) is 27.3 Å². The number of hydrogen-bond donors (Lipinski definition) is 4. The third kappa shape index (κ3) is 2.32. The first kappa shape index (κ1) is 12.5. The molecule has 0 bridgehead atoms. The van der Waals surface area contributed by atoms with Gasteiger partial charge in [0.25, 0.3) is 0 Å². The molecular weight excluding hydrogens is 210 g/mol. The topological polar surface area (TPSA) is 104 Å². The number of phenols is 1. The molecule has 0 saturated heterocycles. The van der Waals surface area contributed by atoms with Crippen LogP contribution < -0.4 is 5.73 Å². The van der Waals surface area contributed by atoms with Crippen LogP contribution in [0.25, 0.3) is 0 Å². The van der Waals surface area contributed by atoms with Gasteiger partial charge in [0.15, 0.2) is 6.10 Å². The molecule has 0 aliphatic carbocycles. The zero-order valence-corrected chi connectivity index (χ0v) is 9.14. The summed E-state index contributed by atoms with van der Waals surface area (Å²) in [5.41, 5.74) is 6.49. The van der Waals surface area contributed by atoms with E-state index < -0.39 is 18.1 Å². The third-order valence-corrected chi connectivity index (χ3v) is 2.46. The number of amides is 1. The first-order valence-electron chi connectivity index (χ1n) is 4.80. The molecule has 2 atom stereocenters. The molecule has 5 N–H and O–H groups in total. The molecule has 0 spiro atoms. The summed E-state index contributed by atoms with van der Waals surface area (Å²) >= 11 is 0. The van der Waals surface area contributed by atoms with E-state index in [2.05, 4.69) is 0 Å². The van der Waals surface area contributed by atoms with Crippen LogP contribution in [0.15, 0.2) is 12.1 Å². The highest BCUT2D eigenvalue weighted by Gasteiger charge is 2.26. The van der Waals surface area contributed by atoms with Gasteiger partial charge in [-0.3, -0.25) is 4.79 Å². The lowest BCUT2D eigenvalue weighted by Crippen LogP contribution is -2.34. The Kier molecular flexibility index (Phi) is 3.51. The van der Waals surface area contributed by atoms with Gasteiger partial charge in [-0.1, -0.05) is 0 Å². The van der Waals surface area contributed by atoms with Gasteiger partial charge in [0.2, 0.25) is 5.91 Å². The number of carbonyl (C=O) groups excluding carboxylic acids is 1. The number of primary amides is 1. The predicted molar refractivity (Wildman–Crippen MR) is 57.7 cm³/mol. The SMILES string of the molecule is Cc1cc(O)cc(C)c1C(O)C(O)C(N)=O. The highest BCUT2D eigenvalue weighted by atomic mass is 16.3. The summed E-state index contributed by atoms with van der Waals surface area (Å²) in [5, 5.41) is 28.5. The fourth-order valence-corrected chi connectivity index (χ4v) is 1.73. The quantitative estimate of drug-likeness (QED) is 0.576. The number of aliphatic hydroxyl groups is 2. The molecule has 0 aromatic heterocycles. The van der Waals surface area contributed by atoms with E-state index in [1.165, 1.54) is 12.1 Å². The monoisotopic (exact) mass is 225 g/mol. The minimum Gasteiger partial charge on any atom is -0.508 e. The van der Waals surface area contributed by atoms with Crippen LogP contribution >= 0.6 is 0 Å². The van der Waals surface area contributed by atoms with Crippen LogP contribution in [0.2, 0.25) is 0 Å². The first-order valence-corrected chi connectivity index (χ1v) is 4.80. The van der Waals surface area contributed by atoms with Gasteiger partial charge in [-0.2, -0.15) is 0 Å². The lowest BCUT2D eigenvalue weighted by Gasteiger charge is -2.19. The van der Waals surface area contributed by atoms with Gasteiger partial charge >= 0.3 is 0 Å². The summed E-state index contributed by atoms with van der Waals surface area (Å²) in [6.07, 6.45) is -3.03. The highest BCUT2D eigenvalue weighted by Crippen LogP contribution is 2.28. The fourth-order valence-electron chi connectivity index (χ4n) is 1.73. The van der Waals surface area contributed by atoms with Crippen LogP contribution in [-0.2, 0) is 4.79 Å². The van der Waals surface area contributed by atoms with Crippen molar-refractivity contribution in [3.63, 3.8) is 0 Å².